The standard InChI is InChI=1S/C3H9BOS/c1-3-5-4-6-2/h4H,3H2,1-2H3. The van der Waals surface area contributed by atoms with Gasteiger partial charge in [0.15, 0.2) is 0 Å². The second-order valence-electron chi connectivity index (χ2n) is 0.899. The van der Waals surface area contributed by atoms with E-state index in [4.69, 9.17) is 4.65 Å². The van der Waals surface area contributed by atoms with E-state index in [0.717, 1.165) is 13.4 Å². The molecule has 0 saturated heterocycles. The zero-order valence-electron chi connectivity index (χ0n) is 4.23. The van der Waals surface area contributed by atoms with Crippen molar-refractivity contribution < 1.29 is 4.65 Å². The molecule has 0 amide bonds. The Bertz CT molecular complexity index is 22.8. The molecule has 0 saturated carbocycles. The Morgan fingerprint density at radius 2 is 2.50 bits per heavy atom. The lowest BCUT2D eigenvalue weighted by atomic mass is 10.5. The molecule has 0 aliphatic rings. The van der Waals surface area contributed by atoms with E-state index >= 15 is 0 Å². The van der Waals surface area contributed by atoms with Crippen LogP contribution in [0.25, 0.3) is 0 Å². The predicted octanol–water partition coefficient (Wildman–Crippen LogP) is 0.652. The first-order valence-electron chi connectivity index (χ1n) is 1.98. The molecule has 0 rings (SSSR count). The first-order valence-corrected chi connectivity index (χ1v) is 3.38. The van der Waals surface area contributed by atoms with E-state index in [-0.39, 0.29) is 0 Å². The molecule has 0 spiro atoms. The van der Waals surface area contributed by atoms with E-state index in [1.807, 2.05) is 13.2 Å². The van der Waals surface area contributed by atoms with Gasteiger partial charge in [-0.1, -0.05) is 0 Å². The van der Waals surface area contributed by atoms with E-state index in [1.165, 1.54) is 0 Å². The molecule has 0 atom stereocenters. The van der Waals surface area contributed by atoms with Crippen LogP contribution in [0.4, 0.5) is 0 Å². The number of hydrogen-bond acceptors (Lipinski definition) is 2. The van der Waals surface area contributed by atoms with Crippen molar-refractivity contribution in [2.75, 3.05) is 12.9 Å². The average molecular weight is 104 g/mol. The fourth-order valence-electron chi connectivity index (χ4n) is 0.167. The Kier molecular flexibility index (Phi) is 5.71. The Morgan fingerprint density at radius 3 is 2.67 bits per heavy atom. The Morgan fingerprint density at radius 1 is 1.83 bits per heavy atom. The summed E-state index contributed by atoms with van der Waals surface area (Å²) < 4.78 is 4.95. The highest BCUT2D eigenvalue weighted by molar-refractivity contribution is 8.21. The van der Waals surface area contributed by atoms with Gasteiger partial charge in [-0.05, 0) is 13.2 Å². The van der Waals surface area contributed by atoms with E-state index in [0.29, 0.717) is 0 Å². The summed E-state index contributed by atoms with van der Waals surface area (Å²) in [6, 6.07) is 0. The van der Waals surface area contributed by atoms with E-state index in [1.54, 1.807) is 11.6 Å². The van der Waals surface area contributed by atoms with E-state index < -0.39 is 0 Å². The first-order chi connectivity index (χ1) is 2.91. The summed E-state index contributed by atoms with van der Waals surface area (Å²) in [6.07, 6.45) is 2.02. The van der Waals surface area contributed by atoms with Crippen LogP contribution in [0, 0.1) is 0 Å². The SMILES string of the molecule is CCOBSC. The van der Waals surface area contributed by atoms with E-state index in [9.17, 15) is 0 Å². The molecular formula is C3H9BOS. The van der Waals surface area contributed by atoms with Crippen LogP contribution in [0.15, 0.2) is 0 Å². The van der Waals surface area contributed by atoms with E-state index in [2.05, 4.69) is 0 Å². The van der Waals surface area contributed by atoms with Crippen molar-refractivity contribution in [1.82, 2.24) is 0 Å². The minimum absolute atomic E-state index is 0.830. The average Bonchev–Trinajstić information content (AvgIpc) is 1.61. The van der Waals surface area contributed by atoms with Crippen molar-refractivity contribution in [3.05, 3.63) is 0 Å². The lowest BCUT2D eigenvalue weighted by Gasteiger charge is -1.89. The van der Waals surface area contributed by atoms with Crippen molar-refractivity contribution in [3.63, 3.8) is 0 Å². The van der Waals surface area contributed by atoms with Crippen LogP contribution in [0.3, 0.4) is 0 Å². The molecular weight excluding hydrogens is 94.9 g/mol. The van der Waals surface area contributed by atoms with Crippen LogP contribution in [-0.2, 0) is 4.65 Å². The number of hydrogen-bond donors (Lipinski definition) is 0. The Labute approximate surface area is 43.6 Å². The van der Waals surface area contributed by atoms with Crippen molar-refractivity contribution in [1.29, 1.82) is 0 Å². The van der Waals surface area contributed by atoms with Gasteiger partial charge < -0.3 is 4.65 Å². The molecule has 0 radical (unpaired) electrons. The third kappa shape index (κ3) is 4.37. The first kappa shape index (κ1) is 6.37. The van der Waals surface area contributed by atoms with Gasteiger partial charge in [0.2, 0.25) is 0 Å². The summed E-state index contributed by atoms with van der Waals surface area (Å²) in [5.41, 5.74) is 0. The topological polar surface area (TPSA) is 9.23 Å². The summed E-state index contributed by atoms with van der Waals surface area (Å²) >= 11 is 1.70. The highest BCUT2D eigenvalue weighted by Crippen LogP contribution is 1.85. The maximum Gasteiger partial charge on any atom is 0.342 e. The zero-order valence-corrected chi connectivity index (χ0v) is 5.05. The van der Waals surface area contributed by atoms with Crippen LogP contribution in [0.2, 0.25) is 0 Å². The normalized spacial score (nSPS) is 8.33. The molecule has 0 aromatic heterocycles. The van der Waals surface area contributed by atoms with Crippen LogP contribution >= 0.6 is 11.6 Å². The second-order valence-corrected chi connectivity index (χ2v) is 1.71. The van der Waals surface area contributed by atoms with Gasteiger partial charge in [0.25, 0.3) is 0 Å². The van der Waals surface area contributed by atoms with Crippen LogP contribution in [0.5, 0.6) is 0 Å². The fourth-order valence-corrected chi connectivity index (χ4v) is 0.500. The monoisotopic (exact) mass is 104 g/mol. The maximum absolute atomic E-state index is 4.95. The van der Waals surface area contributed by atoms with Gasteiger partial charge in [0, 0.05) is 6.61 Å². The molecule has 0 aromatic rings. The predicted molar refractivity (Wildman–Crippen MR) is 32.3 cm³/mol. The summed E-state index contributed by atoms with van der Waals surface area (Å²) in [4.78, 5) is 0. The minimum Gasteiger partial charge on any atom is -0.429 e. The lowest BCUT2D eigenvalue weighted by Crippen LogP contribution is -1.90. The highest BCUT2D eigenvalue weighted by Gasteiger charge is 1.78. The van der Waals surface area contributed by atoms with Crippen LogP contribution in [0.1, 0.15) is 6.92 Å². The Balaban J connectivity index is 2.34. The quantitative estimate of drug-likeness (QED) is 0.384. The molecule has 0 fully saturated rings. The molecule has 0 aromatic carbocycles. The zero-order chi connectivity index (χ0) is 4.83. The van der Waals surface area contributed by atoms with Crippen molar-refractivity contribution in [2.45, 2.75) is 6.92 Å². The molecule has 0 aliphatic heterocycles. The van der Waals surface area contributed by atoms with Gasteiger partial charge >= 0.3 is 6.76 Å². The minimum atomic E-state index is 0.830. The lowest BCUT2D eigenvalue weighted by molar-refractivity contribution is 0.372. The van der Waals surface area contributed by atoms with Gasteiger partial charge in [-0.25, -0.2) is 0 Å². The van der Waals surface area contributed by atoms with Crippen molar-refractivity contribution in [3.8, 4) is 0 Å². The summed E-state index contributed by atoms with van der Waals surface area (Å²) in [5, 5.41) is 0. The summed E-state index contributed by atoms with van der Waals surface area (Å²) in [6.45, 7) is 3.66. The largest absolute Gasteiger partial charge is 0.429 e. The molecule has 36 valence electrons. The Hall–Kier alpha value is 0.375. The second kappa shape index (κ2) is 5.37. The van der Waals surface area contributed by atoms with Gasteiger partial charge in [-0.15, -0.1) is 0 Å². The third-order valence-electron chi connectivity index (χ3n) is 0.405. The van der Waals surface area contributed by atoms with Gasteiger partial charge in [0.05, 0.1) is 0 Å². The molecule has 1 nitrogen and oxygen atoms in total. The maximum atomic E-state index is 4.95. The van der Waals surface area contributed by atoms with Crippen LogP contribution < -0.4 is 0 Å². The number of rotatable bonds is 3. The van der Waals surface area contributed by atoms with Gasteiger partial charge in [-0.3, -0.25) is 0 Å². The summed E-state index contributed by atoms with van der Waals surface area (Å²) in [7, 11) is 0. The molecule has 6 heavy (non-hydrogen) atoms. The van der Waals surface area contributed by atoms with Crippen LogP contribution in [-0.4, -0.2) is 19.6 Å². The molecule has 0 N–H and O–H groups in total. The highest BCUT2D eigenvalue weighted by atomic mass is 32.2. The molecule has 0 unspecified atom stereocenters. The van der Waals surface area contributed by atoms with Crippen molar-refractivity contribution in [2.24, 2.45) is 0 Å². The molecule has 3 heteroatoms. The molecule has 0 heterocycles. The smallest absolute Gasteiger partial charge is 0.342 e. The van der Waals surface area contributed by atoms with Gasteiger partial charge in [-0.2, -0.15) is 11.6 Å². The molecule has 0 bridgehead atoms. The summed E-state index contributed by atoms with van der Waals surface area (Å²) in [5.74, 6) is 0. The van der Waals surface area contributed by atoms with Crippen molar-refractivity contribution >= 4 is 18.4 Å². The third-order valence-corrected chi connectivity index (χ3v) is 0.808. The fraction of sp³-hybridized carbons (Fsp3) is 1.00. The molecule has 0 aliphatic carbocycles. The van der Waals surface area contributed by atoms with Gasteiger partial charge in [0.1, 0.15) is 0 Å².